The van der Waals surface area contributed by atoms with E-state index in [2.05, 4.69) is 10.6 Å². The van der Waals surface area contributed by atoms with Crippen LogP contribution in [0.25, 0.3) is 0 Å². The Hall–Kier alpha value is -2.08. The Balaban J connectivity index is 2.42. The summed E-state index contributed by atoms with van der Waals surface area (Å²) in [6, 6.07) is 6.53. The Bertz CT molecular complexity index is 476. The molecule has 1 atom stereocenters. The Kier molecular flexibility index (Phi) is 7.25. The zero-order valence-electron chi connectivity index (χ0n) is 12.4. The number of carboxylic acid groups (broad SMARTS) is 1. The van der Waals surface area contributed by atoms with E-state index in [1.54, 1.807) is 18.2 Å². The SMILES string of the molecule is CCCC(NCCC(=O)Nc1ccccc1OC)C(=O)O. The summed E-state index contributed by atoms with van der Waals surface area (Å²) in [5.41, 5.74) is 0.605. The number of ether oxygens (including phenoxy) is 1. The van der Waals surface area contributed by atoms with Gasteiger partial charge in [0.1, 0.15) is 11.8 Å². The highest BCUT2D eigenvalue weighted by Gasteiger charge is 2.15. The average Bonchev–Trinajstić information content (AvgIpc) is 2.46. The van der Waals surface area contributed by atoms with E-state index in [9.17, 15) is 9.59 Å². The summed E-state index contributed by atoms with van der Waals surface area (Å²) in [6.07, 6.45) is 1.52. The van der Waals surface area contributed by atoms with Gasteiger partial charge in [-0.1, -0.05) is 25.5 Å². The van der Waals surface area contributed by atoms with Gasteiger partial charge in [0.25, 0.3) is 0 Å². The van der Waals surface area contributed by atoms with Crippen LogP contribution in [-0.4, -0.2) is 36.7 Å². The molecule has 1 aromatic rings. The number of hydrogen-bond acceptors (Lipinski definition) is 4. The predicted molar refractivity (Wildman–Crippen MR) is 80.6 cm³/mol. The van der Waals surface area contributed by atoms with Crippen molar-refractivity contribution in [3.8, 4) is 5.75 Å². The Labute approximate surface area is 124 Å². The van der Waals surface area contributed by atoms with Gasteiger partial charge < -0.3 is 20.5 Å². The molecule has 116 valence electrons. The van der Waals surface area contributed by atoms with E-state index in [-0.39, 0.29) is 12.3 Å². The second-order valence-electron chi connectivity index (χ2n) is 4.63. The highest BCUT2D eigenvalue weighted by Crippen LogP contribution is 2.22. The quantitative estimate of drug-likeness (QED) is 0.647. The molecule has 0 fully saturated rings. The van der Waals surface area contributed by atoms with Crippen LogP contribution in [0.15, 0.2) is 24.3 Å². The van der Waals surface area contributed by atoms with Gasteiger partial charge in [0.15, 0.2) is 0 Å². The molecule has 21 heavy (non-hydrogen) atoms. The molecule has 0 aliphatic carbocycles. The van der Waals surface area contributed by atoms with Gasteiger partial charge in [0.2, 0.25) is 5.91 Å². The first-order valence-corrected chi connectivity index (χ1v) is 6.97. The third kappa shape index (κ3) is 5.83. The topological polar surface area (TPSA) is 87.7 Å². The molecule has 0 aliphatic rings. The molecule has 0 aliphatic heterocycles. The molecule has 1 amide bonds. The summed E-state index contributed by atoms with van der Waals surface area (Å²) in [6.45, 7) is 2.24. The highest BCUT2D eigenvalue weighted by atomic mass is 16.5. The van der Waals surface area contributed by atoms with E-state index in [0.29, 0.717) is 24.4 Å². The number of nitrogens with one attached hydrogen (secondary N) is 2. The van der Waals surface area contributed by atoms with E-state index >= 15 is 0 Å². The van der Waals surface area contributed by atoms with Crippen LogP contribution in [0.2, 0.25) is 0 Å². The Morgan fingerprint density at radius 2 is 2.05 bits per heavy atom. The molecule has 1 aromatic carbocycles. The van der Waals surface area contributed by atoms with Crippen molar-refractivity contribution in [2.45, 2.75) is 32.2 Å². The van der Waals surface area contributed by atoms with Crippen molar-refractivity contribution >= 4 is 17.6 Å². The van der Waals surface area contributed by atoms with Crippen molar-refractivity contribution in [1.82, 2.24) is 5.32 Å². The van der Waals surface area contributed by atoms with Gasteiger partial charge in [-0.2, -0.15) is 0 Å². The fourth-order valence-electron chi connectivity index (χ4n) is 1.92. The molecule has 1 unspecified atom stereocenters. The second kappa shape index (κ2) is 8.97. The van der Waals surface area contributed by atoms with E-state index in [4.69, 9.17) is 9.84 Å². The fourth-order valence-corrected chi connectivity index (χ4v) is 1.92. The van der Waals surface area contributed by atoms with Crippen molar-refractivity contribution in [3.63, 3.8) is 0 Å². The van der Waals surface area contributed by atoms with Gasteiger partial charge in [-0.25, -0.2) is 0 Å². The van der Waals surface area contributed by atoms with Crippen molar-refractivity contribution in [2.75, 3.05) is 19.0 Å². The number of hydrogen-bond donors (Lipinski definition) is 3. The first-order chi connectivity index (χ1) is 10.1. The Morgan fingerprint density at radius 1 is 1.33 bits per heavy atom. The largest absolute Gasteiger partial charge is 0.495 e. The number of aliphatic carboxylic acids is 1. The molecule has 0 bridgehead atoms. The second-order valence-corrected chi connectivity index (χ2v) is 4.63. The molecule has 0 saturated heterocycles. The van der Waals surface area contributed by atoms with Gasteiger partial charge >= 0.3 is 5.97 Å². The van der Waals surface area contributed by atoms with E-state index in [0.717, 1.165) is 6.42 Å². The van der Waals surface area contributed by atoms with Crippen LogP contribution in [0.3, 0.4) is 0 Å². The lowest BCUT2D eigenvalue weighted by atomic mass is 10.1. The first-order valence-electron chi connectivity index (χ1n) is 6.97. The maximum atomic E-state index is 11.8. The van der Waals surface area contributed by atoms with Crippen molar-refractivity contribution in [1.29, 1.82) is 0 Å². The number of carbonyl (C=O) groups is 2. The number of methoxy groups -OCH3 is 1. The number of amides is 1. The predicted octanol–water partition coefficient (Wildman–Crippen LogP) is 1.87. The summed E-state index contributed by atoms with van der Waals surface area (Å²) in [5, 5.41) is 14.6. The van der Waals surface area contributed by atoms with Crippen molar-refractivity contribution in [3.05, 3.63) is 24.3 Å². The molecule has 0 aromatic heterocycles. The van der Waals surface area contributed by atoms with Gasteiger partial charge in [0.05, 0.1) is 12.8 Å². The van der Waals surface area contributed by atoms with Crippen LogP contribution in [0, 0.1) is 0 Å². The number of anilines is 1. The first kappa shape index (κ1) is 17.0. The monoisotopic (exact) mass is 294 g/mol. The maximum Gasteiger partial charge on any atom is 0.320 e. The minimum Gasteiger partial charge on any atom is -0.495 e. The molecule has 3 N–H and O–H groups in total. The number of para-hydroxylation sites is 2. The minimum atomic E-state index is -0.887. The molecular weight excluding hydrogens is 272 g/mol. The summed E-state index contributed by atoms with van der Waals surface area (Å²) >= 11 is 0. The van der Waals surface area contributed by atoms with Crippen molar-refractivity contribution in [2.24, 2.45) is 0 Å². The van der Waals surface area contributed by atoms with Crippen LogP contribution in [0.4, 0.5) is 5.69 Å². The number of benzene rings is 1. The lowest BCUT2D eigenvalue weighted by Crippen LogP contribution is -2.38. The van der Waals surface area contributed by atoms with Gasteiger partial charge in [-0.15, -0.1) is 0 Å². The summed E-state index contributed by atoms with van der Waals surface area (Å²) < 4.78 is 5.14. The molecular formula is C15H22N2O4. The zero-order chi connectivity index (χ0) is 15.7. The fraction of sp³-hybridized carbons (Fsp3) is 0.467. The molecule has 0 radical (unpaired) electrons. The zero-order valence-corrected chi connectivity index (χ0v) is 12.4. The molecule has 6 nitrogen and oxygen atoms in total. The van der Waals surface area contributed by atoms with E-state index in [1.165, 1.54) is 7.11 Å². The normalized spacial score (nSPS) is 11.7. The smallest absolute Gasteiger partial charge is 0.320 e. The lowest BCUT2D eigenvalue weighted by Gasteiger charge is -2.13. The minimum absolute atomic E-state index is 0.187. The van der Waals surface area contributed by atoms with Gasteiger partial charge in [-0.3, -0.25) is 9.59 Å². The molecule has 0 spiro atoms. The van der Waals surface area contributed by atoms with Crippen LogP contribution < -0.4 is 15.4 Å². The van der Waals surface area contributed by atoms with Crippen LogP contribution in [0.1, 0.15) is 26.2 Å². The molecule has 0 heterocycles. The number of carbonyl (C=O) groups excluding carboxylic acids is 1. The van der Waals surface area contributed by atoms with Crippen LogP contribution in [-0.2, 0) is 9.59 Å². The number of rotatable bonds is 9. The summed E-state index contributed by atoms with van der Waals surface area (Å²) in [4.78, 5) is 22.8. The van der Waals surface area contributed by atoms with E-state index < -0.39 is 12.0 Å². The average molecular weight is 294 g/mol. The van der Waals surface area contributed by atoms with Gasteiger partial charge in [0, 0.05) is 13.0 Å². The maximum absolute atomic E-state index is 11.8. The van der Waals surface area contributed by atoms with Crippen LogP contribution in [0.5, 0.6) is 5.75 Å². The Morgan fingerprint density at radius 3 is 2.67 bits per heavy atom. The summed E-state index contributed by atoms with van der Waals surface area (Å²) in [7, 11) is 1.54. The molecule has 0 saturated carbocycles. The number of carboxylic acids is 1. The standard InChI is InChI=1S/C15H22N2O4/c1-3-6-12(15(19)20)16-10-9-14(18)17-11-7-4-5-8-13(11)21-2/h4-5,7-8,12,16H,3,6,9-10H2,1-2H3,(H,17,18)(H,19,20). The molecule has 6 heteroatoms. The highest BCUT2D eigenvalue weighted by molar-refractivity contribution is 5.92. The third-order valence-corrected chi connectivity index (χ3v) is 3.00. The summed E-state index contributed by atoms with van der Waals surface area (Å²) in [5.74, 6) is -0.483. The van der Waals surface area contributed by atoms with E-state index in [1.807, 2.05) is 13.0 Å². The third-order valence-electron chi connectivity index (χ3n) is 3.00. The van der Waals surface area contributed by atoms with Crippen molar-refractivity contribution < 1.29 is 19.4 Å². The van der Waals surface area contributed by atoms with Crippen LogP contribution >= 0.6 is 0 Å². The molecule has 1 rings (SSSR count). The van der Waals surface area contributed by atoms with Gasteiger partial charge in [-0.05, 0) is 18.6 Å². The lowest BCUT2D eigenvalue weighted by molar-refractivity contribution is -0.139.